The lowest BCUT2D eigenvalue weighted by Crippen LogP contribution is -2.37. The number of rotatable bonds is 14. The number of unbranched alkanes of at least 4 members (excludes halogenated alkanes) is 2. The second-order valence-corrected chi connectivity index (χ2v) is 18.2. The van der Waals surface area contributed by atoms with Crippen LogP contribution in [0.5, 0.6) is 0 Å². The van der Waals surface area contributed by atoms with E-state index in [9.17, 15) is 19.5 Å². The van der Waals surface area contributed by atoms with Gasteiger partial charge in [-0.2, -0.15) is 0 Å². The predicted molar refractivity (Wildman–Crippen MR) is 214 cm³/mol. The summed E-state index contributed by atoms with van der Waals surface area (Å²) in [6, 6.07) is 11.8. The molecule has 3 atom stereocenters. The normalized spacial score (nSPS) is 22.7. The predicted octanol–water partition coefficient (Wildman–Crippen LogP) is 10.4. The van der Waals surface area contributed by atoms with Crippen LogP contribution in [0.1, 0.15) is 137 Å². The van der Waals surface area contributed by atoms with Crippen LogP contribution >= 0.6 is 11.3 Å². The number of amides is 1. The maximum atomic E-state index is 13.8. The molecule has 1 saturated heterocycles. The number of carboxylic acid groups (broad SMARTS) is 1. The number of ketones is 1. The van der Waals surface area contributed by atoms with Gasteiger partial charge in [0.1, 0.15) is 0 Å². The number of carboxylic acids is 1. The Hall–Kier alpha value is -3.65. The van der Waals surface area contributed by atoms with Gasteiger partial charge in [-0.25, -0.2) is 9.97 Å². The van der Waals surface area contributed by atoms with Crippen LogP contribution in [-0.4, -0.2) is 50.7 Å². The highest BCUT2D eigenvalue weighted by molar-refractivity contribution is 7.14. The summed E-state index contributed by atoms with van der Waals surface area (Å²) in [5, 5.41) is 9.53. The molecule has 3 aliphatic rings. The Balaban J connectivity index is 1.07. The van der Waals surface area contributed by atoms with Gasteiger partial charge in [-0.1, -0.05) is 96.6 Å². The zero-order chi connectivity index (χ0) is 37.5. The van der Waals surface area contributed by atoms with Crippen LogP contribution in [0.2, 0.25) is 0 Å². The number of carbonyl (C=O) groups is 3. The van der Waals surface area contributed by atoms with Crippen molar-refractivity contribution in [3.05, 3.63) is 75.7 Å². The number of aliphatic carboxylic acids is 1. The molecule has 7 nitrogen and oxygen atoms in total. The number of carbonyl (C=O) groups excluding carboxylic acids is 2. The third-order valence-corrected chi connectivity index (χ3v) is 13.7. The molecule has 3 aromatic rings. The molecule has 1 saturated carbocycles. The van der Waals surface area contributed by atoms with Crippen molar-refractivity contribution < 1.29 is 19.5 Å². The molecule has 1 aromatic carbocycles. The Bertz CT molecular complexity index is 1730. The molecule has 6 rings (SSSR count). The van der Waals surface area contributed by atoms with Crippen LogP contribution in [0.25, 0.3) is 17.0 Å². The molecule has 2 aromatic heterocycles. The number of aromatic nitrogens is 2. The SMILES string of the molecule is CCCCCC1CCC(C2CC=C(c3cnc(-c4ccc(C[C@H](CC(=O)c5ccc(C(C)(C)C)s5)C(=O)N5CC[C@H](C(=O)O)C5)cc4)nc3)CC2)CC1. The van der Waals surface area contributed by atoms with Crippen LogP contribution in [-0.2, 0) is 21.4 Å². The molecule has 0 radical (unpaired) electrons. The van der Waals surface area contributed by atoms with E-state index in [1.165, 1.54) is 81.1 Å². The summed E-state index contributed by atoms with van der Waals surface area (Å²) in [6.07, 6.45) is 22.0. The molecule has 8 heteroatoms. The topological polar surface area (TPSA) is 100 Å². The molecular weight excluding hydrogens is 679 g/mol. The average molecular weight is 738 g/mol. The molecule has 3 heterocycles. The van der Waals surface area contributed by atoms with E-state index in [-0.39, 0.29) is 30.1 Å². The highest BCUT2D eigenvalue weighted by Gasteiger charge is 2.35. The van der Waals surface area contributed by atoms with Gasteiger partial charge in [0.2, 0.25) is 5.91 Å². The lowest BCUT2D eigenvalue weighted by atomic mass is 9.70. The standard InChI is InChI=1S/C45H59N3O4S/c1-5-6-7-8-30-9-13-32(14-10-30)33-17-19-34(20-18-33)38-27-46-42(47-28-38)35-15-11-31(12-16-35)25-37(43(50)48-24-23-36(29-48)44(51)52)26-39(49)40-21-22-41(53-40)45(2,3)4/h11-12,15-16,19,21-22,27-28,30,32-33,36-37H,5-10,13-14,17-18,20,23-26,29H2,1-4H3,(H,51,52)/t30?,32?,33?,36-,37+/m0/s1. The summed E-state index contributed by atoms with van der Waals surface area (Å²) in [7, 11) is 0. The molecule has 2 fully saturated rings. The smallest absolute Gasteiger partial charge is 0.308 e. The fourth-order valence-electron chi connectivity index (χ4n) is 8.78. The molecule has 284 valence electrons. The van der Waals surface area contributed by atoms with E-state index >= 15 is 0 Å². The Labute approximate surface area is 320 Å². The summed E-state index contributed by atoms with van der Waals surface area (Å²) in [6.45, 7) is 9.26. The Kier molecular flexibility index (Phi) is 13.0. The van der Waals surface area contributed by atoms with Crippen LogP contribution < -0.4 is 0 Å². The third-order valence-electron chi connectivity index (χ3n) is 12.2. The van der Waals surface area contributed by atoms with Crippen LogP contribution in [0.4, 0.5) is 0 Å². The van der Waals surface area contributed by atoms with Crippen molar-refractivity contribution in [3.63, 3.8) is 0 Å². The second kappa shape index (κ2) is 17.7. The fourth-order valence-corrected chi connectivity index (χ4v) is 9.79. The molecule has 1 N–H and O–H groups in total. The molecule has 0 spiro atoms. The molecule has 1 aliphatic heterocycles. The number of hydrogen-bond donors (Lipinski definition) is 1. The van der Waals surface area contributed by atoms with E-state index < -0.39 is 17.8 Å². The number of allylic oxidation sites excluding steroid dienone is 2. The van der Waals surface area contributed by atoms with Crippen molar-refractivity contribution in [2.75, 3.05) is 13.1 Å². The molecule has 1 amide bonds. The summed E-state index contributed by atoms with van der Waals surface area (Å²) < 4.78 is 0. The number of benzene rings is 1. The van der Waals surface area contributed by atoms with Gasteiger partial charge in [-0.15, -0.1) is 11.3 Å². The highest BCUT2D eigenvalue weighted by Crippen LogP contribution is 2.42. The van der Waals surface area contributed by atoms with Crippen LogP contribution in [0.15, 0.2) is 54.9 Å². The van der Waals surface area contributed by atoms with Gasteiger partial charge in [0.25, 0.3) is 0 Å². The molecule has 2 aliphatic carbocycles. The number of likely N-dealkylation sites (tertiary alicyclic amines) is 1. The average Bonchev–Trinajstić information content (AvgIpc) is 3.87. The first-order valence-electron chi connectivity index (χ1n) is 20.2. The third kappa shape index (κ3) is 10.1. The van der Waals surface area contributed by atoms with E-state index in [0.29, 0.717) is 30.1 Å². The lowest BCUT2D eigenvalue weighted by molar-refractivity contribution is -0.141. The Morgan fingerprint density at radius 1 is 0.906 bits per heavy atom. The zero-order valence-corrected chi connectivity index (χ0v) is 33.1. The van der Waals surface area contributed by atoms with E-state index in [1.807, 2.05) is 48.8 Å². The molecule has 0 bridgehead atoms. The van der Waals surface area contributed by atoms with Crippen molar-refractivity contribution in [2.45, 2.75) is 123 Å². The lowest BCUT2D eigenvalue weighted by Gasteiger charge is -2.35. The van der Waals surface area contributed by atoms with Crippen molar-refractivity contribution in [1.82, 2.24) is 14.9 Å². The highest BCUT2D eigenvalue weighted by atomic mass is 32.1. The monoisotopic (exact) mass is 737 g/mol. The van der Waals surface area contributed by atoms with Crippen molar-refractivity contribution in [2.24, 2.45) is 29.6 Å². The van der Waals surface area contributed by atoms with Gasteiger partial charge >= 0.3 is 5.97 Å². The minimum absolute atomic E-state index is 0.0492. The quantitative estimate of drug-likeness (QED) is 0.131. The van der Waals surface area contributed by atoms with Crippen molar-refractivity contribution >= 4 is 34.6 Å². The van der Waals surface area contributed by atoms with Crippen LogP contribution in [0.3, 0.4) is 0 Å². The number of nitrogens with zero attached hydrogens (tertiary/aromatic N) is 3. The van der Waals surface area contributed by atoms with Crippen molar-refractivity contribution in [1.29, 1.82) is 0 Å². The van der Waals surface area contributed by atoms with E-state index in [2.05, 4.69) is 33.8 Å². The first-order valence-corrected chi connectivity index (χ1v) is 21.1. The maximum Gasteiger partial charge on any atom is 0.308 e. The first-order chi connectivity index (χ1) is 25.5. The zero-order valence-electron chi connectivity index (χ0n) is 32.3. The van der Waals surface area contributed by atoms with Gasteiger partial charge < -0.3 is 10.0 Å². The van der Waals surface area contributed by atoms with E-state index in [1.54, 1.807) is 4.90 Å². The minimum Gasteiger partial charge on any atom is -0.481 e. The van der Waals surface area contributed by atoms with Crippen LogP contribution in [0, 0.1) is 29.6 Å². The summed E-state index contributed by atoms with van der Waals surface area (Å²) in [5.74, 6) is 1.12. The fraction of sp³-hybridized carbons (Fsp3) is 0.578. The summed E-state index contributed by atoms with van der Waals surface area (Å²) >= 11 is 1.49. The minimum atomic E-state index is -0.878. The summed E-state index contributed by atoms with van der Waals surface area (Å²) in [4.78, 5) is 51.9. The van der Waals surface area contributed by atoms with Crippen molar-refractivity contribution in [3.8, 4) is 11.4 Å². The largest absolute Gasteiger partial charge is 0.481 e. The molecule has 53 heavy (non-hydrogen) atoms. The summed E-state index contributed by atoms with van der Waals surface area (Å²) in [5.41, 5.74) is 4.26. The number of hydrogen-bond acceptors (Lipinski definition) is 6. The van der Waals surface area contributed by atoms with Gasteiger partial charge in [-0.3, -0.25) is 14.4 Å². The first kappa shape index (κ1) is 39.1. The molecule has 1 unspecified atom stereocenters. The van der Waals surface area contributed by atoms with Gasteiger partial charge in [0.15, 0.2) is 11.6 Å². The molecular formula is C45H59N3O4S. The Morgan fingerprint density at radius 3 is 2.25 bits per heavy atom. The van der Waals surface area contributed by atoms with Gasteiger partial charge in [0.05, 0.1) is 10.8 Å². The van der Waals surface area contributed by atoms with Gasteiger partial charge in [0, 0.05) is 53.8 Å². The van der Waals surface area contributed by atoms with E-state index in [4.69, 9.17) is 9.97 Å². The maximum absolute atomic E-state index is 13.8. The number of Topliss-reactive ketones (excluding diaryl/α,β-unsaturated/α-hetero) is 1. The Morgan fingerprint density at radius 2 is 1.64 bits per heavy atom. The van der Waals surface area contributed by atoms with Gasteiger partial charge in [-0.05, 0) is 91.4 Å². The van der Waals surface area contributed by atoms with E-state index in [0.717, 1.165) is 45.7 Å². The second-order valence-electron chi connectivity index (χ2n) is 17.1. The number of thiophene rings is 1.